The average Bonchev–Trinajstić information content (AvgIpc) is 2.87. The SMILES string of the molecule is COc1ccccc1NC(=S)OCCN1C(=O)c2ccccc2C1=O. The number of nitrogens with one attached hydrogen (secondary N) is 1. The average molecular weight is 356 g/mol. The van der Waals surface area contributed by atoms with Crippen LogP contribution in [0.15, 0.2) is 48.5 Å². The molecule has 2 aromatic rings. The van der Waals surface area contributed by atoms with Gasteiger partial charge in [0.15, 0.2) is 0 Å². The fraction of sp³-hybridized carbons (Fsp3) is 0.167. The number of thiocarbonyl (C=S) groups is 1. The second-order valence-corrected chi connectivity index (χ2v) is 5.64. The summed E-state index contributed by atoms with van der Waals surface area (Å²) in [6.07, 6.45) is 0. The fourth-order valence-corrected chi connectivity index (χ4v) is 2.76. The number of methoxy groups -OCH3 is 1. The maximum atomic E-state index is 12.2. The van der Waals surface area contributed by atoms with Crippen molar-refractivity contribution in [3.05, 3.63) is 59.7 Å². The molecular formula is C18H16N2O4S. The van der Waals surface area contributed by atoms with Gasteiger partial charge in [-0.05, 0) is 36.5 Å². The molecule has 0 saturated heterocycles. The molecule has 0 aromatic heterocycles. The van der Waals surface area contributed by atoms with Crippen LogP contribution in [0.3, 0.4) is 0 Å². The Labute approximate surface area is 150 Å². The van der Waals surface area contributed by atoms with E-state index in [-0.39, 0.29) is 30.1 Å². The Morgan fingerprint density at radius 3 is 2.28 bits per heavy atom. The number of fused-ring (bicyclic) bond motifs is 1. The van der Waals surface area contributed by atoms with E-state index in [9.17, 15) is 9.59 Å². The lowest BCUT2D eigenvalue weighted by Gasteiger charge is -2.16. The van der Waals surface area contributed by atoms with E-state index in [4.69, 9.17) is 21.7 Å². The fourth-order valence-electron chi connectivity index (χ4n) is 2.57. The molecule has 25 heavy (non-hydrogen) atoms. The van der Waals surface area contributed by atoms with Crippen LogP contribution in [0.2, 0.25) is 0 Å². The van der Waals surface area contributed by atoms with E-state index in [1.54, 1.807) is 43.5 Å². The molecule has 1 heterocycles. The molecule has 7 heteroatoms. The number of ether oxygens (including phenoxy) is 2. The lowest BCUT2D eigenvalue weighted by Crippen LogP contribution is -2.33. The third-order valence-corrected chi connectivity index (χ3v) is 3.99. The molecule has 6 nitrogen and oxygen atoms in total. The summed E-state index contributed by atoms with van der Waals surface area (Å²) in [6, 6.07) is 14.0. The van der Waals surface area contributed by atoms with E-state index in [1.807, 2.05) is 12.1 Å². The Morgan fingerprint density at radius 2 is 1.64 bits per heavy atom. The summed E-state index contributed by atoms with van der Waals surface area (Å²) in [7, 11) is 1.56. The van der Waals surface area contributed by atoms with Crippen LogP contribution in [-0.4, -0.2) is 42.2 Å². The number of nitrogens with zero attached hydrogens (tertiary/aromatic N) is 1. The summed E-state index contributed by atoms with van der Waals surface area (Å²) in [4.78, 5) is 25.6. The normalized spacial score (nSPS) is 12.8. The third kappa shape index (κ3) is 3.46. The van der Waals surface area contributed by atoms with Gasteiger partial charge in [-0.25, -0.2) is 0 Å². The van der Waals surface area contributed by atoms with Gasteiger partial charge in [0.05, 0.1) is 30.5 Å². The third-order valence-electron chi connectivity index (χ3n) is 3.77. The molecule has 0 spiro atoms. The number of hydrogen-bond acceptors (Lipinski definition) is 5. The Bertz CT molecular complexity index is 802. The summed E-state index contributed by atoms with van der Waals surface area (Å²) in [5.74, 6) is 0.00871. The maximum absolute atomic E-state index is 12.2. The van der Waals surface area contributed by atoms with Gasteiger partial charge in [0.25, 0.3) is 17.0 Å². The van der Waals surface area contributed by atoms with Crippen molar-refractivity contribution in [3.8, 4) is 5.75 Å². The number of carbonyl (C=O) groups is 2. The number of anilines is 1. The topological polar surface area (TPSA) is 67.9 Å². The summed E-state index contributed by atoms with van der Waals surface area (Å²) < 4.78 is 10.6. The molecule has 0 saturated carbocycles. The molecule has 0 bridgehead atoms. The minimum atomic E-state index is -0.312. The van der Waals surface area contributed by atoms with E-state index in [0.29, 0.717) is 22.6 Å². The number of benzene rings is 2. The quantitative estimate of drug-likeness (QED) is 0.656. The number of para-hydroxylation sites is 2. The second-order valence-electron chi connectivity index (χ2n) is 5.27. The van der Waals surface area contributed by atoms with E-state index >= 15 is 0 Å². The van der Waals surface area contributed by atoms with Gasteiger partial charge in [-0.15, -0.1) is 0 Å². The predicted molar refractivity (Wildman–Crippen MR) is 97.0 cm³/mol. The number of amides is 2. The summed E-state index contributed by atoms with van der Waals surface area (Å²) >= 11 is 5.13. The van der Waals surface area contributed by atoms with Gasteiger partial charge in [0, 0.05) is 0 Å². The standard InChI is InChI=1S/C18H16N2O4S/c1-23-15-9-5-4-8-14(15)19-18(25)24-11-10-20-16(21)12-6-2-3-7-13(12)17(20)22/h2-9H,10-11H2,1H3,(H,19,25). The zero-order valence-corrected chi connectivity index (χ0v) is 14.3. The number of rotatable bonds is 5. The van der Waals surface area contributed by atoms with Gasteiger partial charge < -0.3 is 14.8 Å². The summed E-state index contributed by atoms with van der Waals surface area (Å²) in [6.45, 7) is 0.229. The lowest BCUT2D eigenvalue weighted by atomic mass is 10.1. The van der Waals surface area contributed by atoms with Crippen molar-refractivity contribution >= 4 is 34.9 Å². The summed E-state index contributed by atoms with van der Waals surface area (Å²) in [5.41, 5.74) is 1.51. The second kappa shape index (κ2) is 7.31. The van der Waals surface area contributed by atoms with Gasteiger partial charge >= 0.3 is 0 Å². The zero-order valence-electron chi connectivity index (χ0n) is 13.5. The molecule has 2 amide bonds. The molecule has 0 aliphatic carbocycles. The highest BCUT2D eigenvalue weighted by Gasteiger charge is 2.34. The van der Waals surface area contributed by atoms with E-state index in [1.165, 1.54) is 0 Å². The van der Waals surface area contributed by atoms with Crippen molar-refractivity contribution in [1.29, 1.82) is 0 Å². The molecule has 0 fully saturated rings. The van der Waals surface area contributed by atoms with Crippen LogP contribution in [0.4, 0.5) is 5.69 Å². The first-order valence-corrected chi connectivity index (χ1v) is 8.04. The van der Waals surface area contributed by atoms with Gasteiger partial charge in [0.1, 0.15) is 12.4 Å². The predicted octanol–water partition coefficient (Wildman–Crippen LogP) is 2.70. The van der Waals surface area contributed by atoms with Gasteiger partial charge in [-0.1, -0.05) is 24.3 Å². The Morgan fingerprint density at radius 1 is 1.04 bits per heavy atom. The van der Waals surface area contributed by atoms with Crippen LogP contribution in [-0.2, 0) is 4.74 Å². The molecular weight excluding hydrogens is 340 g/mol. The number of hydrogen-bond donors (Lipinski definition) is 1. The smallest absolute Gasteiger partial charge is 0.261 e. The van der Waals surface area contributed by atoms with E-state index in [0.717, 1.165) is 4.90 Å². The zero-order chi connectivity index (χ0) is 17.8. The minimum absolute atomic E-state index is 0.104. The first-order valence-electron chi connectivity index (χ1n) is 7.64. The minimum Gasteiger partial charge on any atom is -0.495 e. The van der Waals surface area contributed by atoms with Crippen molar-refractivity contribution in [2.24, 2.45) is 0 Å². The molecule has 2 aromatic carbocycles. The Kier molecular flexibility index (Phi) is 4.95. The van der Waals surface area contributed by atoms with Crippen molar-refractivity contribution in [1.82, 2.24) is 4.90 Å². The first kappa shape index (κ1) is 16.9. The molecule has 1 N–H and O–H groups in total. The van der Waals surface area contributed by atoms with Crippen LogP contribution in [0.5, 0.6) is 5.75 Å². The molecule has 0 unspecified atom stereocenters. The highest BCUT2D eigenvalue weighted by molar-refractivity contribution is 7.80. The largest absolute Gasteiger partial charge is 0.495 e. The maximum Gasteiger partial charge on any atom is 0.261 e. The van der Waals surface area contributed by atoms with Crippen molar-refractivity contribution in [2.45, 2.75) is 0 Å². The first-order chi connectivity index (χ1) is 12.1. The highest BCUT2D eigenvalue weighted by Crippen LogP contribution is 2.24. The van der Waals surface area contributed by atoms with E-state index < -0.39 is 0 Å². The Hall–Kier alpha value is -2.93. The molecule has 1 aliphatic heterocycles. The van der Waals surface area contributed by atoms with Crippen LogP contribution in [0.25, 0.3) is 0 Å². The monoisotopic (exact) mass is 356 g/mol. The lowest BCUT2D eigenvalue weighted by molar-refractivity contribution is 0.0629. The van der Waals surface area contributed by atoms with E-state index in [2.05, 4.69) is 5.32 Å². The Balaban J connectivity index is 1.54. The van der Waals surface area contributed by atoms with Crippen molar-refractivity contribution < 1.29 is 19.1 Å². The molecule has 1 aliphatic rings. The number of carbonyl (C=O) groups excluding carboxylic acids is 2. The van der Waals surface area contributed by atoms with Crippen LogP contribution >= 0.6 is 12.2 Å². The molecule has 128 valence electrons. The highest BCUT2D eigenvalue weighted by atomic mass is 32.1. The molecule has 0 radical (unpaired) electrons. The van der Waals surface area contributed by atoms with Crippen molar-refractivity contribution in [3.63, 3.8) is 0 Å². The number of imide groups is 1. The molecule has 0 atom stereocenters. The van der Waals surface area contributed by atoms with Gasteiger partial charge in [0.2, 0.25) is 0 Å². The summed E-state index contributed by atoms with van der Waals surface area (Å²) in [5, 5.41) is 3.06. The van der Waals surface area contributed by atoms with Gasteiger partial charge in [-0.3, -0.25) is 14.5 Å². The van der Waals surface area contributed by atoms with Crippen LogP contribution in [0.1, 0.15) is 20.7 Å². The molecule has 3 rings (SSSR count). The van der Waals surface area contributed by atoms with Crippen molar-refractivity contribution in [2.75, 3.05) is 25.6 Å². The van der Waals surface area contributed by atoms with Crippen LogP contribution < -0.4 is 10.1 Å². The van der Waals surface area contributed by atoms with Gasteiger partial charge in [-0.2, -0.15) is 0 Å². The van der Waals surface area contributed by atoms with Crippen LogP contribution in [0, 0.1) is 0 Å².